The van der Waals surface area contributed by atoms with Crippen LogP contribution < -0.4 is 5.32 Å². The monoisotopic (exact) mass is 259 g/mol. The summed E-state index contributed by atoms with van der Waals surface area (Å²) in [5.41, 5.74) is 0.173. The molecule has 1 unspecified atom stereocenters. The molecular formula is C11H11ClFNO3. The average molecular weight is 260 g/mol. The molecule has 1 aromatic carbocycles. The lowest BCUT2D eigenvalue weighted by Crippen LogP contribution is -2.39. The number of carbonyl (C=O) groups is 2. The zero-order valence-electron chi connectivity index (χ0n) is 9.29. The molecule has 0 aliphatic rings. The zero-order chi connectivity index (χ0) is 13.0. The van der Waals surface area contributed by atoms with Crippen molar-refractivity contribution in [1.29, 1.82) is 0 Å². The van der Waals surface area contributed by atoms with E-state index in [0.29, 0.717) is 0 Å². The van der Waals surface area contributed by atoms with E-state index in [1.165, 1.54) is 26.2 Å². The van der Waals surface area contributed by atoms with Crippen LogP contribution in [0.1, 0.15) is 17.3 Å². The smallest absolute Gasteiger partial charge is 0.328 e. The van der Waals surface area contributed by atoms with Crippen molar-refractivity contribution in [1.82, 2.24) is 5.32 Å². The number of halogens is 2. The van der Waals surface area contributed by atoms with E-state index in [4.69, 9.17) is 11.6 Å². The van der Waals surface area contributed by atoms with Gasteiger partial charge in [0.1, 0.15) is 11.9 Å². The van der Waals surface area contributed by atoms with Crippen LogP contribution in [0.3, 0.4) is 0 Å². The summed E-state index contributed by atoms with van der Waals surface area (Å²) in [5, 5.41) is 2.25. The number of benzene rings is 1. The lowest BCUT2D eigenvalue weighted by Gasteiger charge is -2.11. The van der Waals surface area contributed by atoms with Gasteiger partial charge in [-0.15, -0.1) is 0 Å². The van der Waals surface area contributed by atoms with Gasteiger partial charge in [0.05, 0.1) is 12.1 Å². The van der Waals surface area contributed by atoms with Crippen LogP contribution in [-0.4, -0.2) is 25.0 Å². The summed E-state index contributed by atoms with van der Waals surface area (Å²) in [6.45, 7) is 1.48. The summed E-state index contributed by atoms with van der Waals surface area (Å²) >= 11 is 5.54. The Morgan fingerprint density at radius 1 is 1.47 bits per heavy atom. The van der Waals surface area contributed by atoms with Gasteiger partial charge < -0.3 is 10.1 Å². The predicted molar refractivity (Wildman–Crippen MR) is 60.4 cm³/mol. The van der Waals surface area contributed by atoms with E-state index in [0.717, 1.165) is 6.07 Å². The van der Waals surface area contributed by atoms with Crippen LogP contribution in [-0.2, 0) is 9.53 Å². The van der Waals surface area contributed by atoms with Gasteiger partial charge in [0.25, 0.3) is 5.91 Å². The third-order valence-electron chi connectivity index (χ3n) is 2.08. The first-order chi connectivity index (χ1) is 7.95. The zero-order valence-corrected chi connectivity index (χ0v) is 10.0. The lowest BCUT2D eigenvalue weighted by molar-refractivity contribution is -0.142. The Morgan fingerprint density at radius 3 is 2.65 bits per heavy atom. The molecule has 6 heteroatoms. The molecule has 0 aromatic heterocycles. The molecule has 0 aliphatic carbocycles. The van der Waals surface area contributed by atoms with E-state index < -0.39 is 23.7 Å². The average Bonchev–Trinajstić information content (AvgIpc) is 2.31. The van der Waals surface area contributed by atoms with Crippen molar-refractivity contribution in [3.8, 4) is 0 Å². The quantitative estimate of drug-likeness (QED) is 0.842. The molecule has 0 aliphatic heterocycles. The highest BCUT2D eigenvalue weighted by atomic mass is 35.5. The maximum Gasteiger partial charge on any atom is 0.328 e. The van der Waals surface area contributed by atoms with Gasteiger partial charge >= 0.3 is 5.97 Å². The van der Waals surface area contributed by atoms with E-state index in [9.17, 15) is 14.0 Å². The Bertz CT molecular complexity index is 450. The van der Waals surface area contributed by atoms with Gasteiger partial charge in [-0.3, -0.25) is 4.79 Å². The van der Waals surface area contributed by atoms with Crippen molar-refractivity contribution in [3.63, 3.8) is 0 Å². The summed E-state index contributed by atoms with van der Waals surface area (Å²) in [5.74, 6) is -1.69. The Hall–Kier alpha value is -1.62. The van der Waals surface area contributed by atoms with Crippen molar-refractivity contribution in [2.45, 2.75) is 13.0 Å². The first-order valence-corrected chi connectivity index (χ1v) is 5.17. The third-order valence-corrected chi connectivity index (χ3v) is 2.37. The molecule has 0 spiro atoms. The molecule has 0 bridgehead atoms. The van der Waals surface area contributed by atoms with Crippen LogP contribution in [0.4, 0.5) is 4.39 Å². The van der Waals surface area contributed by atoms with Gasteiger partial charge in [0.15, 0.2) is 0 Å². The Labute approximate surface area is 103 Å². The largest absolute Gasteiger partial charge is 0.467 e. The number of amides is 1. The molecule has 0 saturated carbocycles. The second-order valence-electron chi connectivity index (χ2n) is 3.35. The highest BCUT2D eigenvalue weighted by Gasteiger charge is 2.17. The van der Waals surface area contributed by atoms with Crippen molar-refractivity contribution in [3.05, 3.63) is 34.6 Å². The first-order valence-electron chi connectivity index (χ1n) is 4.79. The fourth-order valence-corrected chi connectivity index (χ4v) is 1.33. The Morgan fingerprint density at radius 2 is 2.12 bits per heavy atom. The van der Waals surface area contributed by atoms with Crippen molar-refractivity contribution in [2.75, 3.05) is 7.11 Å². The fraction of sp³-hybridized carbons (Fsp3) is 0.273. The van der Waals surface area contributed by atoms with Gasteiger partial charge in [-0.2, -0.15) is 0 Å². The number of nitrogens with one attached hydrogen (secondary N) is 1. The third kappa shape index (κ3) is 3.42. The van der Waals surface area contributed by atoms with Crippen LogP contribution >= 0.6 is 11.6 Å². The summed E-state index contributed by atoms with van der Waals surface area (Å²) in [7, 11) is 1.22. The minimum absolute atomic E-state index is 0.150. The van der Waals surface area contributed by atoms with Crippen LogP contribution in [0.15, 0.2) is 18.2 Å². The molecule has 0 saturated heterocycles. The van der Waals surface area contributed by atoms with Gasteiger partial charge in [-0.25, -0.2) is 9.18 Å². The molecule has 1 atom stereocenters. The molecule has 1 N–H and O–H groups in total. The van der Waals surface area contributed by atoms with E-state index in [1.54, 1.807) is 0 Å². The van der Waals surface area contributed by atoms with E-state index in [2.05, 4.69) is 10.1 Å². The second-order valence-corrected chi connectivity index (χ2v) is 3.75. The van der Waals surface area contributed by atoms with E-state index in [1.807, 2.05) is 0 Å². The van der Waals surface area contributed by atoms with Crippen LogP contribution in [0.5, 0.6) is 0 Å². The van der Waals surface area contributed by atoms with Crippen molar-refractivity contribution < 1.29 is 18.7 Å². The summed E-state index contributed by atoms with van der Waals surface area (Å²) in [6, 6.07) is 2.77. The Balaban J connectivity index is 2.76. The molecule has 1 amide bonds. The molecule has 1 aromatic rings. The molecule has 17 heavy (non-hydrogen) atoms. The fourth-order valence-electron chi connectivity index (χ4n) is 1.15. The van der Waals surface area contributed by atoms with Gasteiger partial charge in [0, 0.05) is 5.56 Å². The second kappa shape index (κ2) is 5.63. The highest BCUT2D eigenvalue weighted by molar-refractivity contribution is 6.31. The van der Waals surface area contributed by atoms with Crippen LogP contribution in [0.2, 0.25) is 5.02 Å². The number of rotatable bonds is 3. The minimum Gasteiger partial charge on any atom is -0.467 e. The molecule has 4 nitrogen and oxygen atoms in total. The minimum atomic E-state index is -0.781. The standard InChI is InChI=1S/C11H11ClFNO3/c1-6(11(16)17-2)14-10(15)7-3-4-9(13)8(12)5-7/h3-6H,1-2H3,(H,14,15). The number of methoxy groups -OCH3 is 1. The SMILES string of the molecule is COC(=O)C(C)NC(=O)c1ccc(F)c(Cl)c1. The van der Waals surface area contributed by atoms with Crippen LogP contribution in [0, 0.1) is 5.82 Å². The van der Waals surface area contributed by atoms with Crippen LogP contribution in [0.25, 0.3) is 0 Å². The molecule has 0 radical (unpaired) electrons. The summed E-state index contributed by atoms with van der Waals surface area (Å²) in [4.78, 5) is 22.7. The molecular weight excluding hydrogens is 249 g/mol. The van der Waals surface area contributed by atoms with Gasteiger partial charge in [-0.05, 0) is 25.1 Å². The molecule has 92 valence electrons. The summed E-state index contributed by atoms with van der Waals surface area (Å²) < 4.78 is 17.3. The molecule has 0 heterocycles. The van der Waals surface area contributed by atoms with E-state index in [-0.39, 0.29) is 10.6 Å². The number of esters is 1. The normalized spacial score (nSPS) is 11.8. The molecule has 0 fully saturated rings. The highest BCUT2D eigenvalue weighted by Crippen LogP contribution is 2.15. The predicted octanol–water partition coefficient (Wildman–Crippen LogP) is 1.77. The number of carbonyl (C=O) groups excluding carboxylic acids is 2. The lowest BCUT2D eigenvalue weighted by atomic mass is 10.2. The Kier molecular flexibility index (Phi) is 4.45. The van der Waals surface area contributed by atoms with E-state index >= 15 is 0 Å². The van der Waals surface area contributed by atoms with Crippen molar-refractivity contribution in [2.24, 2.45) is 0 Å². The number of ether oxygens (including phenoxy) is 1. The van der Waals surface area contributed by atoms with Crippen molar-refractivity contribution >= 4 is 23.5 Å². The maximum atomic E-state index is 12.9. The molecule has 1 rings (SSSR count). The maximum absolute atomic E-state index is 12.9. The topological polar surface area (TPSA) is 55.4 Å². The number of hydrogen-bond acceptors (Lipinski definition) is 3. The summed E-state index contributed by atoms with van der Waals surface area (Å²) in [6.07, 6.45) is 0. The van der Waals surface area contributed by atoms with Gasteiger partial charge in [0.2, 0.25) is 0 Å². The number of hydrogen-bond donors (Lipinski definition) is 1. The first kappa shape index (κ1) is 13.4. The van der Waals surface area contributed by atoms with Gasteiger partial charge in [-0.1, -0.05) is 11.6 Å².